The van der Waals surface area contributed by atoms with E-state index >= 15 is 0 Å². The standard InChI is InChI=1S/C41H78NO2.Y/c1-5-7-9-11-13-15-17-19-21-23-25-27-29-31-33-37-41(43-39-40(44-41)35-34-38-42(3)4)36-32-30-28-26-24-22-20-18-16-14-12-10-8-6-2;/h18-21,40H,2,5-17,22-39H2,1,3-4H3;/q-1;/b20-18-,21-19-;. The van der Waals surface area contributed by atoms with Crippen molar-refractivity contribution in [3.63, 3.8) is 0 Å². The van der Waals surface area contributed by atoms with Crippen molar-refractivity contribution in [3.05, 3.63) is 31.2 Å². The second kappa shape index (κ2) is 34.3. The Morgan fingerprint density at radius 2 is 1.02 bits per heavy atom. The molecular formula is C41H78NO2Y-. The molecule has 2 unspecified atom stereocenters. The predicted octanol–water partition coefficient (Wildman–Crippen LogP) is 12.9. The van der Waals surface area contributed by atoms with E-state index in [-0.39, 0.29) is 44.6 Å². The molecule has 0 aromatic rings. The molecule has 263 valence electrons. The Labute approximate surface area is 308 Å². The third-order valence-electron chi connectivity index (χ3n) is 9.33. The van der Waals surface area contributed by atoms with Crippen LogP contribution in [-0.2, 0) is 42.2 Å². The van der Waals surface area contributed by atoms with Gasteiger partial charge in [0, 0.05) is 45.6 Å². The van der Waals surface area contributed by atoms with E-state index in [1.54, 1.807) is 0 Å². The maximum Gasteiger partial charge on any atom is 0.168 e. The molecule has 1 fully saturated rings. The Morgan fingerprint density at radius 1 is 0.600 bits per heavy atom. The molecule has 0 saturated carbocycles. The van der Waals surface area contributed by atoms with E-state index in [9.17, 15) is 0 Å². The van der Waals surface area contributed by atoms with Crippen molar-refractivity contribution in [3.8, 4) is 0 Å². The van der Waals surface area contributed by atoms with Crippen molar-refractivity contribution in [2.75, 3.05) is 27.2 Å². The van der Waals surface area contributed by atoms with Gasteiger partial charge in [0.05, 0.1) is 12.7 Å². The molecule has 1 heterocycles. The molecule has 1 radical (unpaired) electrons. The van der Waals surface area contributed by atoms with E-state index in [1.165, 1.54) is 161 Å². The molecule has 0 amide bonds. The van der Waals surface area contributed by atoms with E-state index in [2.05, 4.69) is 57.1 Å². The molecule has 1 aliphatic rings. The normalized spacial score (nSPS) is 18.6. The number of nitrogens with zero attached hydrogens (tertiary/aromatic N) is 1. The average Bonchev–Trinajstić information content (AvgIpc) is 3.42. The van der Waals surface area contributed by atoms with Crippen molar-refractivity contribution >= 4 is 0 Å². The first-order valence-electron chi connectivity index (χ1n) is 19.7. The summed E-state index contributed by atoms with van der Waals surface area (Å²) in [5.74, 6) is -0.307. The van der Waals surface area contributed by atoms with Crippen LogP contribution < -0.4 is 0 Å². The van der Waals surface area contributed by atoms with Gasteiger partial charge >= 0.3 is 0 Å². The third-order valence-corrected chi connectivity index (χ3v) is 9.33. The van der Waals surface area contributed by atoms with Crippen LogP contribution in [0.4, 0.5) is 0 Å². The summed E-state index contributed by atoms with van der Waals surface area (Å²) in [6.07, 6.45) is 47.5. The Balaban J connectivity index is 0.0000194. The first kappa shape index (κ1) is 45.5. The first-order chi connectivity index (χ1) is 21.6. The minimum absolute atomic E-state index is 0. The summed E-state index contributed by atoms with van der Waals surface area (Å²) in [5, 5.41) is 0. The number of unbranched alkanes of at least 4 members (excludes halogenated alkanes) is 21. The van der Waals surface area contributed by atoms with Gasteiger partial charge in [0.2, 0.25) is 0 Å². The number of ether oxygens (including phenoxy) is 2. The van der Waals surface area contributed by atoms with Crippen LogP contribution in [0.2, 0.25) is 0 Å². The number of rotatable bonds is 33. The fourth-order valence-corrected chi connectivity index (χ4v) is 6.46. The molecule has 0 bridgehead atoms. The fourth-order valence-electron chi connectivity index (χ4n) is 6.46. The summed E-state index contributed by atoms with van der Waals surface area (Å²) < 4.78 is 13.2. The molecule has 3 nitrogen and oxygen atoms in total. The summed E-state index contributed by atoms with van der Waals surface area (Å²) in [4.78, 5) is 2.27. The number of hydrogen-bond acceptors (Lipinski definition) is 3. The molecule has 0 N–H and O–H groups in total. The fraction of sp³-hybridized carbons (Fsp3) is 0.878. The van der Waals surface area contributed by atoms with Gasteiger partial charge in [0.1, 0.15) is 0 Å². The van der Waals surface area contributed by atoms with Crippen LogP contribution >= 0.6 is 0 Å². The number of allylic oxidation sites excluding steroid dienone is 4. The zero-order chi connectivity index (χ0) is 31.8. The van der Waals surface area contributed by atoms with Gasteiger partial charge in [-0.3, -0.25) is 0 Å². The van der Waals surface area contributed by atoms with Crippen LogP contribution in [0.3, 0.4) is 0 Å². The van der Waals surface area contributed by atoms with Gasteiger partial charge in [-0.2, -0.15) is 6.42 Å². The quantitative estimate of drug-likeness (QED) is 0.0385. The summed E-state index contributed by atoms with van der Waals surface area (Å²) in [6.45, 7) is 8.15. The van der Waals surface area contributed by atoms with Gasteiger partial charge in [0.15, 0.2) is 5.79 Å². The van der Waals surface area contributed by atoms with E-state index in [4.69, 9.17) is 9.47 Å². The Hall–Kier alpha value is 0.464. The molecular weight excluding hydrogens is 627 g/mol. The zero-order valence-corrected chi connectivity index (χ0v) is 33.7. The Bertz CT molecular complexity index is 651. The van der Waals surface area contributed by atoms with Crippen LogP contribution in [0.25, 0.3) is 0 Å². The van der Waals surface area contributed by atoms with Crippen LogP contribution in [0, 0.1) is 6.92 Å². The van der Waals surface area contributed by atoms with E-state index < -0.39 is 0 Å². The van der Waals surface area contributed by atoms with Gasteiger partial charge in [-0.05, 0) is 97.7 Å². The van der Waals surface area contributed by atoms with Gasteiger partial charge < -0.3 is 21.3 Å². The minimum Gasteiger partial charge on any atom is -0.347 e. The molecule has 1 rings (SSSR count). The Morgan fingerprint density at radius 3 is 1.47 bits per heavy atom. The van der Waals surface area contributed by atoms with Crippen molar-refractivity contribution in [2.24, 2.45) is 0 Å². The molecule has 1 saturated heterocycles. The van der Waals surface area contributed by atoms with Gasteiger partial charge in [-0.25, -0.2) is 0 Å². The first-order valence-corrected chi connectivity index (χ1v) is 19.7. The molecule has 2 atom stereocenters. The monoisotopic (exact) mass is 706 g/mol. The van der Waals surface area contributed by atoms with Crippen LogP contribution in [0.5, 0.6) is 0 Å². The van der Waals surface area contributed by atoms with Crippen molar-refractivity contribution < 1.29 is 42.2 Å². The van der Waals surface area contributed by atoms with Crippen LogP contribution in [-0.4, -0.2) is 44.0 Å². The van der Waals surface area contributed by atoms with Crippen molar-refractivity contribution in [1.82, 2.24) is 4.90 Å². The predicted molar refractivity (Wildman–Crippen MR) is 195 cm³/mol. The molecule has 4 heteroatoms. The summed E-state index contributed by atoms with van der Waals surface area (Å²) in [6, 6.07) is 0. The van der Waals surface area contributed by atoms with E-state index in [0.29, 0.717) is 0 Å². The Kier molecular flexibility index (Phi) is 34.7. The second-order valence-corrected chi connectivity index (χ2v) is 14.1. The van der Waals surface area contributed by atoms with Crippen LogP contribution in [0.15, 0.2) is 24.3 Å². The topological polar surface area (TPSA) is 21.7 Å². The van der Waals surface area contributed by atoms with E-state index in [1.807, 2.05) is 0 Å². The van der Waals surface area contributed by atoms with Crippen molar-refractivity contribution in [2.45, 2.75) is 205 Å². The largest absolute Gasteiger partial charge is 0.347 e. The average molecular weight is 706 g/mol. The molecule has 0 spiro atoms. The molecule has 0 aromatic heterocycles. The molecule has 1 aliphatic heterocycles. The van der Waals surface area contributed by atoms with Crippen molar-refractivity contribution in [1.29, 1.82) is 0 Å². The maximum atomic E-state index is 6.70. The second-order valence-electron chi connectivity index (χ2n) is 14.1. The SMILES string of the molecule is [CH2-]CCCCCC/C=C\CCCCCCCC1(CCCCCCC/C=C\CCCCCCCC)OCC(CCCN(C)C)O1.[Y]. The minimum atomic E-state index is -0.307. The van der Waals surface area contributed by atoms with Gasteiger partial charge in [-0.15, -0.1) is 0 Å². The summed E-state index contributed by atoms with van der Waals surface area (Å²) >= 11 is 0. The van der Waals surface area contributed by atoms with E-state index in [0.717, 1.165) is 38.8 Å². The third kappa shape index (κ3) is 29.1. The maximum absolute atomic E-state index is 6.70. The van der Waals surface area contributed by atoms with Gasteiger partial charge in [-0.1, -0.05) is 121 Å². The number of hydrogen-bond donors (Lipinski definition) is 0. The summed E-state index contributed by atoms with van der Waals surface area (Å²) in [5.41, 5.74) is 0. The molecule has 45 heavy (non-hydrogen) atoms. The smallest absolute Gasteiger partial charge is 0.168 e. The molecule has 0 aliphatic carbocycles. The van der Waals surface area contributed by atoms with Gasteiger partial charge in [0.25, 0.3) is 0 Å². The molecule has 0 aromatic carbocycles. The van der Waals surface area contributed by atoms with Crippen LogP contribution in [0.1, 0.15) is 193 Å². The summed E-state index contributed by atoms with van der Waals surface area (Å²) in [7, 11) is 4.32. The zero-order valence-electron chi connectivity index (χ0n) is 30.9.